The predicted octanol–water partition coefficient (Wildman–Crippen LogP) is 6.46. The van der Waals surface area contributed by atoms with Gasteiger partial charge in [-0.1, -0.05) is 48.0 Å². The van der Waals surface area contributed by atoms with Crippen molar-refractivity contribution in [1.82, 2.24) is 0 Å². The first-order chi connectivity index (χ1) is 14.6. The fourth-order valence-corrected chi connectivity index (χ4v) is 4.49. The molecular weight excluding hydrogens is 399 g/mol. The number of nitrogens with one attached hydrogen (secondary N) is 2. The van der Waals surface area contributed by atoms with E-state index < -0.39 is 0 Å². The number of para-hydroxylation sites is 2. The number of benzene rings is 3. The Kier molecular flexibility index (Phi) is 4.80. The topological polar surface area (TPSA) is 41.1 Å². The number of halogens is 2. The predicted molar refractivity (Wildman–Crippen MR) is 118 cm³/mol. The number of Topliss-reactive ketones (excluding diaryl/α,β-unsaturated/α-hetero) is 1. The number of ketones is 1. The van der Waals surface area contributed by atoms with E-state index >= 15 is 0 Å². The molecule has 0 saturated carbocycles. The molecule has 0 saturated heterocycles. The summed E-state index contributed by atoms with van der Waals surface area (Å²) in [6, 6.07) is 21.7. The Hall–Kier alpha value is -3.11. The summed E-state index contributed by atoms with van der Waals surface area (Å²) in [5.74, 6) is -0.159. The van der Waals surface area contributed by atoms with Gasteiger partial charge in [-0.2, -0.15) is 0 Å². The number of rotatable bonds is 2. The van der Waals surface area contributed by atoms with E-state index in [0.29, 0.717) is 17.9 Å². The summed E-state index contributed by atoms with van der Waals surface area (Å²) in [5, 5.41) is 7.72. The molecule has 150 valence electrons. The Morgan fingerprint density at radius 2 is 1.50 bits per heavy atom. The Balaban J connectivity index is 1.60. The van der Waals surface area contributed by atoms with E-state index in [4.69, 9.17) is 11.6 Å². The quantitative estimate of drug-likeness (QED) is 0.501. The van der Waals surface area contributed by atoms with Crippen molar-refractivity contribution in [2.75, 3.05) is 10.6 Å². The standard InChI is InChI=1S/C25H20ClFN2O/c26-18-9-5-16(6-10-18)25-24-22(28-20-3-1-2-4-21(20)29-25)13-17(14-23(24)30)15-7-11-19(27)12-8-15/h1-12,17,25,28-29H,13-14H2/t17-,25+/m0/s1. The molecule has 5 heteroatoms. The molecular formula is C25H20ClFN2O. The van der Waals surface area contributed by atoms with Crippen LogP contribution in [0.1, 0.15) is 35.9 Å². The summed E-state index contributed by atoms with van der Waals surface area (Å²) < 4.78 is 13.4. The van der Waals surface area contributed by atoms with Gasteiger partial charge < -0.3 is 10.6 Å². The van der Waals surface area contributed by atoms with E-state index in [1.807, 2.05) is 48.5 Å². The van der Waals surface area contributed by atoms with Crippen LogP contribution in [-0.4, -0.2) is 5.78 Å². The van der Waals surface area contributed by atoms with E-state index in [0.717, 1.165) is 33.8 Å². The molecule has 0 radical (unpaired) electrons. The molecule has 0 unspecified atom stereocenters. The van der Waals surface area contributed by atoms with Crippen molar-refractivity contribution in [3.63, 3.8) is 0 Å². The minimum absolute atomic E-state index is 0.0143. The number of anilines is 2. The first-order valence-electron chi connectivity index (χ1n) is 9.98. The van der Waals surface area contributed by atoms with E-state index in [1.165, 1.54) is 12.1 Å². The highest BCUT2D eigenvalue weighted by molar-refractivity contribution is 6.30. The van der Waals surface area contributed by atoms with Gasteiger partial charge in [0.15, 0.2) is 5.78 Å². The van der Waals surface area contributed by atoms with Crippen molar-refractivity contribution < 1.29 is 9.18 Å². The van der Waals surface area contributed by atoms with Crippen LogP contribution in [0.25, 0.3) is 0 Å². The molecule has 0 aromatic heterocycles. The Bertz CT molecular complexity index is 1140. The summed E-state index contributed by atoms with van der Waals surface area (Å²) in [6.45, 7) is 0. The molecule has 1 aliphatic carbocycles. The fourth-order valence-electron chi connectivity index (χ4n) is 4.37. The molecule has 3 nitrogen and oxygen atoms in total. The van der Waals surface area contributed by atoms with Gasteiger partial charge in [0.1, 0.15) is 5.82 Å². The summed E-state index contributed by atoms with van der Waals surface area (Å²) in [4.78, 5) is 13.4. The van der Waals surface area contributed by atoms with Crippen LogP contribution >= 0.6 is 11.6 Å². The second-order valence-electron chi connectivity index (χ2n) is 7.77. The monoisotopic (exact) mass is 418 g/mol. The third-order valence-electron chi connectivity index (χ3n) is 5.85. The maximum atomic E-state index is 13.4. The van der Waals surface area contributed by atoms with Crippen molar-refractivity contribution in [1.29, 1.82) is 0 Å². The van der Waals surface area contributed by atoms with E-state index in [9.17, 15) is 9.18 Å². The van der Waals surface area contributed by atoms with E-state index in [1.54, 1.807) is 12.1 Å². The van der Waals surface area contributed by atoms with Gasteiger partial charge in [0.25, 0.3) is 0 Å². The summed E-state index contributed by atoms with van der Waals surface area (Å²) in [7, 11) is 0. The Labute approximate surface area is 179 Å². The van der Waals surface area contributed by atoms with Gasteiger partial charge in [-0.3, -0.25) is 4.79 Å². The Morgan fingerprint density at radius 3 is 2.23 bits per heavy atom. The number of fused-ring (bicyclic) bond motifs is 1. The second-order valence-corrected chi connectivity index (χ2v) is 8.21. The highest BCUT2D eigenvalue weighted by Gasteiger charge is 2.36. The van der Waals surface area contributed by atoms with E-state index in [-0.39, 0.29) is 23.6 Å². The van der Waals surface area contributed by atoms with Crippen molar-refractivity contribution in [3.05, 3.63) is 106 Å². The first kappa shape index (κ1) is 18.9. The van der Waals surface area contributed by atoms with Gasteiger partial charge in [-0.05, 0) is 59.9 Å². The van der Waals surface area contributed by atoms with Gasteiger partial charge in [0.05, 0.1) is 17.4 Å². The third-order valence-corrected chi connectivity index (χ3v) is 6.11. The van der Waals surface area contributed by atoms with Gasteiger partial charge >= 0.3 is 0 Å². The molecule has 5 rings (SSSR count). The number of hydrogen-bond acceptors (Lipinski definition) is 3. The van der Waals surface area contributed by atoms with Crippen LogP contribution in [0.2, 0.25) is 5.02 Å². The number of carbonyl (C=O) groups is 1. The van der Waals surface area contributed by atoms with Crippen LogP contribution < -0.4 is 10.6 Å². The summed E-state index contributed by atoms with van der Waals surface area (Å²) in [6.07, 6.45) is 1.08. The molecule has 30 heavy (non-hydrogen) atoms. The van der Waals surface area contributed by atoms with Crippen molar-refractivity contribution in [2.45, 2.75) is 24.8 Å². The average Bonchev–Trinajstić information content (AvgIpc) is 2.91. The lowest BCUT2D eigenvalue weighted by Gasteiger charge is -2.30. The third kappa shape index (κ3) is 3.48. The maximum Gasteiger partial charge on any atom is 0.163 e. The van der Waals surface area contributed by atoms with E-state index in [2.05, 4.69) is 10.6 Å². The molecule has 1 aliphatic heterocycles. The van der Waals surface area contributed by atoms with Crippen LogP contribution in [0.4, 0.5) is 15.8 Å². The molecule has 2 aliphatic rings. The van der Waals surface area contributed by atoms with Crippen LogP contribution in [0, 0.1) is 5.82 Å². The maximum absolute atomic E-state index is 13.4. The summed E-state index contributed by atoms with van der Waals surface area (Å²) >= 11 is 6.09. The zero-order chi connectivity index (χ0) is 20.7. The van der Waals surface area contributed by atoms with Gasteiger partial charge in [-0.15, -0.1) is 0 Å². The highest BCUT2D eigenvalue weighted by Crippen LogP contribution is 2.44. The average molecular weight is 419 g/mol. The fraction of sp³-hybridized carbons (Fsp3) is 0.160. The van der Waals surface area contributed by atoms with Gasteiger partial charge in [-0.25, -0.2) is 4.39 Å². The zero-order valence-corrected chi connectivity index (χ0v) is 16.9. The molecule has 0 amide bonds. The SMILES string of the molecule is O=C1C[C@@H](c2ccc(F)cc2)CC2=C1[C@@H](c1ccc(Cl)cc1)Nc1ccccc1N2. The zero-order valence-electron chi connectivity index (χ0n) is 16.2. The van der Waals surface area contributed by atoms with Crippen LogP contribution in [-0.2, 0) is 4.79 Å². The molecule has 0 bridgehead atoms. The molecule has 0 fully saturated rings. The second kappa shape index (κ2) is 7.62. The lowest BCUT2D eigenvalue weighted by atomic mass is 9.78. The largest absolute Gasteiger partial charge is 0.372 e. The number of allylic oxidation sites excluding steroid dienone is 1. The molecule has 2 N–H and O–H groups in total. The molecule has 0 spiro atoms. The minimum atomic E-state index is -0.269. The van der Waals surface area contributed by atoms with Crippen LogP contribution in [0.15, 0.2) is 84.1 Å². The normalized spacial score (nSPS) is 20.5. The highest BCUT2D eigenvalue weighted by atomic mass is 35.5. The number of carbonyl (C=O) groups excluding carboxylic acids is 1. The van der Waals surface area contributed by atoms with Crippen molar-refractivity contribution in [2.24, 2.45) is 0 Å². The lowest BCUT2D eigenvalue weighted by Crippen LogP contribution is -2.26. The van der Waals surface area contributed by atoms with Crippen molar-refractivity contribution >= 4 is 28.8 Å². The van der Waals surface area contributed by atoms with Crippen LogP contribution in [0.5, 0.6) is 0 Å². The first-order valence-corrected chi connectivity index (χ1v) is 10.4. The number of hydrogen-bond donors (Lipinski definition) is 2. The molecule has 1 heterocycles. The molecule has 2 atom stereocenters. The van der Waals surface area contributed by atoms with Gasteiger partial charge in [0, 0.05) is 22.7 Å². The lowest BCUT2D eigenvalue weighted by molar-refractivity contribution is -0.116. The Morgan fingerprint density at radius 1 is 0.833 bits per heavy atom. The van der Waals surface area contributed by atoms with Crippen LogP contribution in [0.3, 0.4) is 0 Å². The smallest absolute Gasteiger partial charge is 0.163 e. The van der Waals surface area contributed by atoms with Gasteiger partial charge in [0.2, 0.25) is 0 Å². The minimum Gasteiger partial charge on any atom is -0.372 e. The van der Waals surface area contributed by atoms with Crippen molar-refractivity contribution in [3.8, 4) is 0 Å². The molecule has 3 aromatic rings. The summed E-state index contributed by atoms with van der Waals surface area (Å²) in [5.41, 5.74) is 5.52. The molecule has 3 aromatic carbocycles.